The monoisotopic (exact) mass is 171 g/mol. The van der Waals surface area contributed by atoms with Gasteiger partial charge < -0.3 is 5.73 Å². The van der Waals surface area contributed by atoms with Gasteiger partial charge in [0.2, 0.25) is 9.05 Å². The largest absolute Gasteiger partial charge is 0.330 e. The Bertz CT molecular complexity index is 154. The second kappa shape index (κ2) is 4.09. The SMILES string of the molecule is NCCCCS(=O)(=O)Cl. The van der Waals surface area contributed by atoms with Crippen LogP contribution >= 0.6 is 10.7 Å². The molecule has 56 valence electrons. The van der Waals surface area contributed by atoms with Crippen LogP contribution in [0.4, 0.5) is 0 Å². The fourth-order valence-corrected chi connectivity index (χ4v) is 1.30. The van der Waals surface area contributed by atoms with Gasteiger partial charge in [-0.1, -0.05) is 0 Å². The van der Waals surface area contributed by atoms with Gasteiger partial charge in [-0.2, -0.15) is 0 Å². The van der Waals surface area contributed by atoms with Crippen LogP contribution in [0.1, 0.15) is 12.8 Å². The van der Waals surface area contributed by atoms with Gasteiger partial charge in [-0.3, -0.25) is 0 Å². The molecule has 0 spiro atoms. The maximum atomic E-state index is 10.2. The van der Waals surface area contributed by atoms with E-state index < -0.39 is 9.05 Å². The molecule has 0 aliphatic carbocycles. The molecule has 0 heterocycles. The Morgan fingerprint density at radius 2 is 1.89 bits per heavy atom. The van der Waals surface area contributed by atoms with Crippen LogP contribution in [0.15, 0.2) is 0 Å². The first-order valence-corrected chi connectivity index (χ1v) is 5.16. The highest BCUT2D eigenvalue weighted by molar-refractivity contribution is 8.13. The quantitative estimate of drug-likeness (QED) is 0.489. The first-order chi connectivity index (χ1) is 4.06. The fourth-order valence-electron chi connectivity index (χ4n) is 0.419. The molecule has 0 unspecified atom stereocenters. The van der Waals surface area contributed by atoms with Crippen LogP contribution in [0.3, 0.4) is 0 Å². The second-order valence-corrected chi connectivity index (χ2v) is 4.64. The standard InChI is InChI=1S/C4H10ClNO2S/c5-9(7,8)4-2-1-3-6/h1-4,6H2. The lowest BCUT2D eigenvalue weighted by Gasteiger charge is -1.92. The van der Waals surface area contributed by atoms with Crippen LogP contribution in [0.2, 0.25) is 0 Å². The molecule has 0 aromatic heterocycles. The number of hydrogen-bond donors (Lipinski definition) is 1. The minimum atomic E-state index is -3.28. The van der Waals surface area contributed by atoms with Crippen molar-refractivity contribution in [3.05, 3.63) is 0 Å². The summed E-state index contributed by atoms with van der Waals surface area (Å²) in [5.74, 6) is 0.0335. The highest BCUT2D eigenvalue weighted by Gasteiger charge is 2.02. The lowest BCUT2D eigenvalue weighted by Crippen LogP contribution is -2.02. The van der Waals surface area contributed by atoms with Crippen molar-refractivity contribution in [1.82, 2.24) is 0 Å². The summed E-state index contributed by atoms with van der Waals surface area (Å²) in [4.78, 5) is 0. The molecule has 0 amide bonds. The van der Waals surface area contributed by atoms with Gasteiger partial charge >= 0.3 is 0 Å². The average Bonchev–Trinajstić information content (AvgIpc) is 1.63. The molecule has 0 atom stereocenters. The number of halogens is 1. The summed E-state index contributed by atoms with van der Waals surface area (Å²) >= 11 is 0. The molecule has 0 radical (unpaired) electrons. The van der Waals surface area contributed by atoms with Gasteiger partial charge in [-0.05, 0) is 19.4 Å². The third-order valence-corrected chi connectivity index (χ3v) is 2.08. The van der Waals surface area contributed by atoms with Crippen LogP contribution in [-0.4, -0.2) is 20.7 Å². The molecule has 0 rings (SSSR count). The van der Waals surface area contributed by atoms with Gasteiger partial charge in [0.15, 0.2) is 0 Å². The molecule has 0 fully saturated rings. The third-order valence-electron chi connectivity index (χ3n) is 0.842. The van der Waals surface area contributed by atoms with Crippen molar-refractivity contribution in [3.63, 3.8) is 0 Å². The molecule has 5 heteroatoms. The minimum Gasteiger partial charge on any atom is -0.330 e. The summed E-state index contributed by atoms with van der Waals surface area (Å²) in [5.41, 5.74) is 5.12. The van der Waals surface area contributed by atoms with Crippen molar-refractivity contribution in [3.8, 4) is 0 Å². The Balaban J connectivity index is 3.30. The zero-order valence-electron chi connectivity index (χ0n) is 5.01. The first-order valence-electron chi connectivity index (χ1n) is 2.68. The highest BCUT2D eigenvalue weighted by atomic mass is 35.7. The van der Waals surface area contributed by atoms with Crippen molar-refractivity contribution >= 4 is 19.7 Å². The van der Waals surface area contributed by atoms with Crippen LogP contribution < -0.4 is 5.73 Å². The minimum absolute atomic E-state index is 0.0335. The number of rotatable bonds is 4. The lowest BCUT2D eigenvalue weighted by atomic mass is 10.3. The summed E-state index contributed by atoms with van der Waals surface area (Å²) in [6, 6.07) is 0. The lowest BCUT2D eigenvalue weighted by molar-refractivity contribution is 0.605. The zero-order chi connectivity index (χ0) is 7.33. The van der Waals surface area contributed by atoms with Crippen molar-refractivity contribution < 1.29 is 8.42 Å². The predicted octanol–water partition coefficient (Wildman–Crippen LogP) is 0.294. The number of hydrogen-bond acceptors (Lipinski definition) is 3. The van der Waals surface area contributed by atoms with Crippen molar-refractivity contribution in [1.29, 1.82) is 0 Å². The van der Waals surface area contributed by atoms with Gasteiger partial charge in [-0.15, -0.1) is 0 Å². The maximum Gasteiger partial charge on any atom is 0.232 e. The van der Waals surface area contributed by atoms with E-state index in [0.29, 0.717) is 19.4 Å². The molecule has 9 heavy (non-hydrogen) atoms. The van der Waals surface area contributed by atoms with E-state index in [2.05, 4.69) is 0 Å². The van der Waals surface area contributed by atoms with Gasteiger partial charge in [0.05, 0.1) is 5.75 Å². The fraction of sp³-hybridized carbons (Fsp3) is 1.00. The summed E-state index contributed by atoms with van der Waals surface area (Å²) in [5, 5.41) is 0. The second-order valence-electron chi connectivity index (χ2n) is 1.74. The predicted molar refractivity (Wildman–Crippen MR) is 37.9 cm³/mol. The van der Waals surface area contributed by atoms with Gasteiger partial charge in [-0.25, -0.2) is 8.42 Å². The molecular weight excluding hydrogens is 162 g/mol. The van der Waals surface area contributed by atoms with E-state index in [-0.39, 0.29) is 5.75 Å². The molecule has 0 aliphatic heterocycles. The van der Waals surface area contributed by atoms with Gasteiger partial charge in [0.25, 0.3) is 0 Å². The smallest absolute Gasteiger partial charge is 0.232 e. The first kappa shape index (κ1) is 9.20. The molecule has 0 saturated heterocycles. The highest BCUT2D eigenvalue weighted by Crippen LogP contribution is 1.99. The topological polar surface area (TPSA) is 60.2 Å². The Labute approximate surface area is 59.6 Å². The molecule has 0 aromatic carbocycles. The van der Waals surface area contributed by atoms with Crippen LogP contribution in [0, 0.1) is 0 Å². The Hall–Kier alpha value is 0.200. The molecular formula is C4H10ClNO2S. The average molecular weight is 172 g/mol. The molecule has 0 aromatic rings. The summed E-state index contributed by atoms with van der Waals surface area (Å²) in [7, 11) is 1.62. The number of unbranched alkanes of at least 4 members (excludes halogenated alkanes) is 1. The molecule has 3 nitrogen and oxygen atoms in total. The Kier molecular flexibility index (Phi) is 4.18. The molecule has 0 bridgehead atoms. The maximum absolute atomic E-state index is 10.2. The van der Waals surface area contributed by atoms with Gasteiger partial charge in [0, 0.05) is 10.7 Å². The zero-order valence-corrected chi connectivity index (χ0v) is 6.58. The van der Waals surface area contributed by atoms with E-state index in [1.54, 1.807) is 0 Å². The number of nitrogens with two attached hydrogens (primary N) is 1. The summed E-state index contributed by atoms with van der Waals surface area (Å²) in [6.07, 6.45) is 1.27. The van der Waals surface area contributed by atoms with Crippen molar-refractivity contribution in [2.24, 2.45) is 5.73 Å². The molecule has 2 N–H and O–H groups in total. The van der Waals surface area contributed by atoms with E-state index in [1.165, 1.54) is 0 Å². The van der Waals surface area contributed by atoms with Crippen LogP contribution in [-0.2, 0) is 9.05 Å². The van der Waals surface area contributed by atoms with E-state index in [1.807, 2.05) is 0 Å². The van der Waals surface area contributed by atoms with E-state index in [9.17, 15) is 8.42 Å². The molecule has 0 saturated carbocycles. The molecule has 0 aliphatic rings. The Morgan fingerprint density at radius 1 is 1.33 bits per heavy atom. The Morgan fingerprint density at radius 3 is 2.22 bits per heavy atom. The third kappa shape index (κ3) is 8.20. The van der Waals surface area contributed by atoms with Crippen molar-refractivity contribution in [2.75, 3.05) is 12.3 Å². The van der Waals surface area contributed by atoms with E-state index in [4.69, 9.17) is 16.4 Å². The van der Waals surface area contributed by atoms with Gasteiger partial charge in [0.1, 0.15) is 0 Å². The normalized spacial score (nSPS) is 11.8. The van der Waals surface area contributed by atoms with Crippen molar-refractivity contribution in [2.45, 2.75) is 12.8 Å². The summed E-state index contributed by atoms with van der Waals surface area (Å²) in [6.45, 7) is 0.520. The van der Waals surface area contributed by atoms with Crippen LogP contribution in [0.25, 0.3) is 0 Å². The van der Waals surface area contributed by atoms with E-state index >= 15 is 0 Å². The van der Waals surface area contributed by atoms with E-state index in [0.717, 1.165) is 0 Å². The summed E-state index contributed by atoms with van der Waals surface area (Å²) < 4.78 is 20.5. The van der Waals surface area contributed by atoms with Crippen LogP contribution in [0.5, 0.6) is 0 Å².